The van der Waals surface area contributed by atoms with Gasteiger partial charge in [0.1, 0.15) is 0 Å². The Morgan fingerprint density at radius 1 is 1.23 bits per heavy atom. The largest absolute Gasteiger partial charge is 0.353 e. The summed E-state index contributed by atoms with van der Waals surface area (Å²) in [6.07, 6.45) is 3.10. The molecule has 22 heavy (non-hydrogen) atoms. The Morgan fingerprint density at radius 2 is 2.00 bits per heavy atom. The van der Waals surface area contributed by atoms with Gasteiger partial charge in [-0.15, -0.1) is 12.4 Å². The van der Waals surface area contributed by atoms with Crippen LogP contribution in [0.4, 0.5) is 0 Å². The average molecular weight is 391 g/mol. The third-order valence-electron chi connectivity index (χ3n) is 3.42. The van der Waals surface area contributed by atoms with Gasteiger partial charge in [-0.1, -0.05) is 28.4 Å². The molecule has 1 aromatic carbocycles. The summed E-state index contributed by atoms with van der Waals surface area (Å²) in [6, 6.07) is 7.12. The predicted octanol–water partition coefficient (Wildman–Crippen LogP) is 1.86. The smallest absolute Gasteiger partial charge is 0.251 e. The lowest BCUT2D eigenvalue weighted by atomic mass is 10.0. The number of halogens is 2. The van der Waals surface area contributed by atoms with Crippen LogP contribution in [0.25, 0.3) is 0 Å². The molecule has 3 N–H and O–H groups in total. The molecule has 1 unspecified atom stereocenters. The summed E-state index contributed by atoms with van der Waals surface area (Å²) in [6.45, 7) is 1.76. The van der Waals surface area contributed by atoms with Crippen molar-refractivity contribution in [1.82, 2.24) is 16.0 Å². The van der Waals surface area contributed by atoms with Crippen molar-refractivity contribution in [2.45, 2.75) is 25.3 Å². The van der Waals surface area contributed by atoms with Gasteiger partial charge in [0.25, 0.3) is 5.91 Å². The average Bonchev–Trinajstić information content (AvgIpc) is 2.52. The number of hydrogen-bond acceptors (Lipinski definition) is 3. The van der Waals surface area contributed by atoms with E-state index >= 15 is 0 Å². The van der Waals surface area contributed by atoms with E-state index in [-0.39, 0.29) is 30.3 Å². The van der Waals surface area contributed by atoms with Crippen LogP contribution in [0.5, 0.6) is 0 Å². The van der Waals surface area contributed by atoms with Crippen LogP contribution in [0.1, 0.15) is 29.6 Å². The number of carbonyl (C=O) groups excluding carboxylic acids is 2. The molecular weight excluding hydrogens is 370 g/mol. The van der Waals surface area contributed by atoms with Crippen LogP contribution in [-0.2, 0) is 4.79 Å². The third-order valence-corrected chi connectivity index (χ3v) is 3.92. The zero-order valence-corrected chi connectivity index (χ0v) is 14.6. The topological polar surface area (TPSA) is 70.2 Å². The summed E-state index contributed by atoms with van der Waals surface area (Å²) >= 11 is 3.33. The maximum absolute atomic E-state index is 11.9. The van der Waals surface area contributed by atoms with Crippen LogP contribution in [0.15, 0.2) is 28.7 Å². The fourth-order valence-electron chi connectivity index (χ4n) is 2.29. The lowest BCUT2D eigenvalue weighted by molar-refractivity contribution is -0.123. The first-order valence-electron chi connectivity index (χ1n) is 7.21. The molecule has 1 fully saturated rings. The van der Waals surface area contributed by atoms with Crippen LogP contribution < -0.4 is 16.0 Å². The number of hydrogen-bond donors (Lipinski definition) is 3. The Kier molecular flexibility index (Phi) is 8.45. The highest BCUT2D eigenvalue weighted by atomic mass is 79.9. The number of benzene rings is 1. The number of rotatable bonds is 5. The van der Waals surface area contributed by atoms with E-state index < -0.39 is 0 Å². The molecule has 1 heterocycles. The van der Waals surface area contributed by atoms with E-state index in [0.29, 0.717) is 18.7 Å². The second kappa shape index (κ2) is 9.82. The molecule has 7 heteroatoms. The van der Waals surface area contributed by atoms with Gasteiger partial charge in [-0.25, -0.2) is 0 Å². The lowest BCUT2D eigenvalue weighted by Gasteiger charge is -2.22. The number of amides is 2. The predicted molar refractivity (Wildman–Crippen MR) is 92.4 cm³/mol. The molecule has 2 amide bonds. The Labute approximate surface area is 145 Å². The van der Waals surface area contributed by atoms with Gasteiger partial charge in [0.2, 0.25) is 5.91 Å². The molecule has 1 aliphatic heterocycles. The summed E-state index contributed by atoms with van der Waals surface area (Å²) in [5.74, 6) is -0.118. The van der Waals surface area contributed by atoms with Crippen LogP contribution in [0, 0.1) is 0 Å². The minimum atomic E-state index is -0.138. The van der Waals surface area contributed by atoms with Crippen molar-refractivity contribution in [3.63, 3.8) is 0 Å². The standard InChI is InChI=1S/C15H20BrN3O2.ClH/c16-12-5-3-4-11(10-12)14(20)18-8-9-19-15(21)13-6-1-2-7-17-13;/h3-5,10,13,17H,1-2,6-9H2,(H,18,20)(H,19,21);1H. The molecule has 1 aromatic rings. The first-order valence-corrected chi connectivity index (χ1v) is 8.01. The SMILES string of the molecule is Cl.O=C(NCCNC(=O)C1CCCCN1)c1cccc(Br)c1. The molecule has 0 radical (unpaired) electrons. The Bertz CT molecular complexity index is 507. The van der Waals surface area contributed by atoms with Crippen LogP contribution >= 0.6 is 28.3 Å². The maximum atomic E-state index is 11.9. The normalized spacial score (nSPS) is 17.2. The van der Waals surface area contributed by atoms with Gasteiger partial charge < -0.3 is 16.0 Å². The summed E-state index contributed by atoms with van der Waals surface area (Å²) < 4.78 is 0.867. The van der Waals surface area contributed by atoms with Crippen molar-refractivity contribution in [3.05, 3.63) is 34.3 Å². The quantitative estimate of drug-likeness (QED) is 0.672. The first kappa shape index (κ1) is 18.9. The van der Waals surface area contributed by atoms with Gasteiger partial charge >= 0.3 is 0 Å². The van der Waals surface area contributed by atoms with E-state index in [2.05, 4.69) is 31.9 Å². The van der Waals surface area contributed by atoms with E-state index in [4.69, 9.17) is 0 Å². The maximum Gasteiger partial charge on any atom is 0.251 e. The van der Waals surface area contributed by atoms with Crippen molar-refractivity contribution < 1.29 is 9.59 Å². The highest BCUT2D eigenvalue weighted by Crippen LogP contribution is 2.11. The van der Waals surface area contributed by atoms with Gasteiger partial charge in [-0.3, -0.25) is 9.59 Å². The fraction of sp³-hybridized carbons (Fsp3) is 0.467. The fourth-order valence-corrected chi connectivity index (χ4v) is 2.69. The van der Waals surface area contributed by atoms with Crippen molar-refractivity contribution >= 4 is 40.2 Å². The van der Waals surface area contributed by atoms with Gasteiger partial charge in [0.15, 0.2) is 0 Å². The molecule has 0 aliphatic carbocycles. The van der Waals surface area contributed by atoms with Crippen LogP contribution in [0.2, 0.25) is 0 Å². The lowest BCUT2D eigenvalue weighted by Crippen LogP contribution is -2.48. The molecule has 2 rings (SSSR count). The summed E-state index contributed by atoms with van der Waals surface area (Å²) in [7, 11) is 0. The molecule has 122 valence electrons. The zero-order chi connectivity index (χ0) is 15.1. The van der Waals surface area contributed by atoms with Crippen molar-refractivity contribution in [1.29, 1.82) is 0 Å². The van der Waals surface area contributed by atoms with Gasteiger partial charge in [-0.2, -0.15) is 0 Å². The second-order valence-corrected chi connectivity index (χ2v) is 5.98. The van der Waals surface area contributed by atoms with E-state index in [9.17, 15) is 9.59 Å². The number of piperidine rings is 1. The first-order chi connectivity index (χ1) is 10.2. The minimum Gasteiger partial charge on any atom is -0.353 e. The molecule has 1 saturated heterocycles. The monoisotopic (exact) mass is 389 g/mol. The molecule has 0 spiro atoms. The second-order valence-electron chi connectivity index (χ2n) is 5.06. The molecule has 1 atom stereocenters. The van der Waals surface area contributed by atoms with Crippen molar-refractivity contribution in [2.75, 3.05) is 19.6 Å². The van der Waals surface area contributed by atoms with E-state index in [1.165, 1.54) is 0 Å². The molecule has 5 nitrogen and oxygen atoms in total. The van der Waals surface area contributed by atoms with Crippen molar-refractivity contribution in [2.24, 2.45) is 0 Å². The van der Waals surface area contributed by atoms with E-state index in [0.717, 1.165) is 30.3 Å². The summed E-state index contributed by atoms with van der Waals surface area (Å²) in [4.78, 5) is 23.8. The van der Waals surface area contributed by atoms with Crippen molar-refractivity contribution in [3.8, 4) is 0 Å². The van der Waals surface area contributed by atoms with Crippen LogP contribution in [-0.4, -0.2) is 37.5 Å². The highest BCUT2D eigenvalue weighted by molar-refractivity contribution is 9.10. The Hall–Kier alpha value is -1.11. The minimum absolute atomic E-state index is 0. The summed E-state index contributed by atoms with van der Waals surface area (Å²) in [5, 5.41) is 8.83. The van der Waals surface area contributed by atoms with Crippen LogP contribution in [0.3, 0.4) is 0 Å². The number of nitrogens with one attached hydrogen (secondary N) is 3. The highest BCUT2D eigenvalue weighted by Gasteiger charge is 2.19. The summed E-state index contributed by atoms with van der Waals surface area (Å²) in [5.41, 5.74) is 0.602. The van der Waals surface area contributed by atoms with E-state index in [1.54, 1.807) is 12.1 Å². The van der Waals surface area contributed by atoms with Gasteiger partial charge in [0, 0.05) is 23.1 Å². The van der Waals surface area contributed by atoms with Gasteiger partial charge in [-0.05, 0) is 37.6 Å². The Balaban J connectivity index is 0.00000242. The molecule has 0 bridgehead atoms. The van der Waals surface area contributed by atoms with E-state index in [1.807, 2.05) is 12.1 Å². The molecule has 0 saturated carbocycles. The van der Waals surface area contributed by atoms with Gasteiger partial charge in [0.05, 0.1) is 6.04 Å². The zero-order valence-electron chi connectivity index (χ0n) is 12.2. The molecule has 0 aromatic heterocycles. The number of carbonyl (C=O) groups is 2. The molecular formula is C15H21BrClN3O2. The molecule has 1 aliphatic rings. The Morgan fingerprint density at radius 3 is 2.68 bits per heavy atom. The third kappa shape index (κ3) is 5.94.